The number of allylic oxidation sites excluding steroid dienone is 1. The van der Waals surface area contributed by atoms with Gasteiger partial charge in [-0.3, -0.25) is 0 Å². The summed E-state index contributed by atoms with van der Waals surface area (Å²) in [5.41, 5.74) is 2.44. The zero-order chi connectivity index (χ0) is 3.41. The van der Waals surface area contributed by atoms with E-state index in [2.05, 4.69) is 19.2 Å². The van der Waals surface area contributed by atoms with Crippen LogP contribution in [0.2, 0.25) is 0 Å². The molecule has 0 N–H and O–H groups in total. The molecule has 0 atom stereocenters. The van der Waals surface area contributed by atoms with Crippen molar-refractivity contribution >= 4 is 0 Å². The van der Waals surface area contributed by atoms with Crippen LogP contribution in [0.25, 0.3) is 0 Å². The van der Waals surface area contributed by atoms with Crippen LogP contribution in [-0.4, -0.2) is 0 Å². The molecule has 0 unspecified atom stereocenters. The SMILES string of the molecule is C=C=C[CH2-].[Pd]. The van der Waals surface area contributed by atoms with Crippen molar-refractivity contribution in [2.45, 2.75) is 0 Å². The van der Waals surface area contributed by atoms with Crippen molar-refractivity contribution in [1.29, 1.82) is 0 Å². The van der Waals surface area contributed by atoms with E-state index in [4.69, 9.17) is 0 Å². The molecule has 0 rings (SSSR count). The van der Waals surface area contributed by atoms with Gasteiger partial charge in [0, 0.05) is 20.4 Å². The van der Waals surface area contributed by atoms with Crippen LogP contribution in [0.5, 0.6) is 0 Å². The van der Waals surface area contributed by atoms with Gasteiger partial charge < -0.3 is 5.73 Å². The fourth-order valence-corrected chi connectivity index (χ4v) is 0. The Morgan fingerprint density at radius 1 is 1.80 bits per heavy atom. The van der Waals surface area contributed by atoms with E-state index in [-0.39, 0.29) is 20.4 Å². The van der Waals surface area contributed by atoms with Crippen LogP contribution in [0.15, 0.2) is 18.4 Å². The van der Waals surface area contributed by atoms with Gasteiger partial charge in [-0.05, 0) is 0 Å². The zero-order valence-electron chi connectivity index (χ0n) is 2.81. The van der Waals surface area contributed by atoms with Gasteiger partial charge in [0.2, 0.25) is 0 Å². The van der Waals surface area contributed by atoms with E-state index in [1.807, 2.05) is 0 Å². The molecule has 0 aliphatic heterocycles. The Morgan fingerprint density at radius 3 is 2.00 bits per heavy atom. The fourth-order valence-electron chi connectivity index (χ4n) is 0. The van der Waals surface area contributed by atoms with E-state index in [0.29, 0.717) is 0 Å². The minimum absolute atomic E-state index is 0. The van der Waals surface area contributed by atoms with Crippen molar-refractivity contribution in [3.05, 3.63) is 25.3 Å². The smallest absolute Gasteiger partial charge is 0 e. The molecule has 0 aromatic heterocycles. The van der Waals surface area contributed by atoms with Crippen LogP contribution in [0.3, 0.4) is 0 Å². The predicted molar refractivity (Wildman–Crippen MR) is 19.1 cm³/mol. The molecule has 0 radical (unpaired) electrons. The zero-order valence-corrected chi connectivity index (χ0v) is 4.36. The average molecular weight is 160 g/mol. The third kappa shape index (κ3) is 15.4. The molecule has 0 aliphatic rings. The summed E-state index contributed by atoms with van der Waals surface area (Å²) in [6.07, 6.45) is 1.51. The largest absolute Gasteiger partial charge is 0.357 e. The van der Waals surface area contributed by atoms with Gasteiger partial charge in [0.1, 0.15) is 0 Å². The van der Waals surface area contributed by atoms with Crippen LogP contribution in [0.1, 0.15) is 0 Å². The normalized spacial score (nSPS) is 3.20. The van der Waals surface area contributed by atoms with Gasteiger partial charge in [-0.25, -0.2) is 13.0 Å². The molecule has 32 valence electrons. The molecule has 5 heavy (non-hydrogen) atoms. The van der Waals surface area contributed by atoms with Crippen LogP contribution >= 0.6 is 0 Å². The van der Waals surface area contributed by atoms with Crippen molar-refractivity contribution in [3.8, 4) is 0 Å². The van der Waals surface area contributed by atoms with Crippen molar-refractivity contribution in [1.82, 2.24) is 0 Å². The number of hydrogen-bond acceptors (Lipinski definition) is 0. The van der Waals surface area contributed by atoms with Crippen molar-refractivity contribution in [2.75, 3.05) is 0 Å². The molecule has 0 bridgehead atoms. The Bertz CT molecular complexity index is 41.6. The molecule has 0 nitrogen and oxygen atoms in total. The van der Waals surface area contributed by atoms with Gasteiger partial charge in [0.05, 0.1) is 0 Å². The maximum absolute atomic E-state index is 3.31. The van der Waals surface area contributed by atoms with E-state index < -0.39 is 0 Å². The van der Waals surface area contributed by atoms with Crippen LogP contribution < -0.4 is 0 Å². The second kappa shape index (κ2) is 8.96. The summed E-state index contributed by atoms with van der Waals surface area (Å²) in [6.45, 7) is 6.54. The Morgan fingerprint density at radius 2 is 2.00 bits per heavy atom. The van der Waals surface area contributed by atoms with Gasteiger partial charge in [-0.1, -0.05) is 0 Å². The van der Waals surface area contributed by atoms with E-state index in [0.717, 1.165) is 0 Å². The predicted octanol–water partition coefficient (Wildman–Crippen LogP) is 1.16. The summed E-state index contributed by atoms with van der Waals surface area (Å²) in [5, 5.41) is 0. The number of hydrogen-bond donors (Lipinski definition) is 0. The molecular formula is C4H5Pd-. The van der Waals surface area contributed by atoms with Gasteiger partial charge >= 0.3 is 0 Å². The Balaban J connectivity index is 0. The second-order valence-electron chi connectivity index (χ2n) is 0.408. The first-order valence-corrected chi connectivity index (χ1v) is 1.05. The van der Waals surface area contributed by atoms with Gasteiger partial charge in [0.25, 0.3) is 0 Å². The first-order chi connectivity index (χ1) is 1.91. The standard InChI is InChI=1S/C4H5.Pd/c1-3-4-2;/h3H,1-2H2;/q-1;. The molecule has 1 heteroatoms. The molecule has 0 amide bonds. The topological polar surface area (TPSA) is 0 Å². The maximum atomic E-state index is 3.31. The number of rotatable bonds is 0. The molecule has 0 fully saturated rings. The minimum Gasteiger partial charge on any atom is -0.357 e. The molecule has 0 aromatic rings. The van der Waals surface area contributed by atoms with E-state index >= 15 is 0 Å². The third-order valence-corrected chi connectivity index (χ3v) is 0.144. The Kier molecular flexibility index (Phi) is 16.0. The van der Waals surface area contributed by atoms with Gasteiger partial charge in [-0.2, -0.15) is 6.58 Å². The molecule has 0 spiro atoms. The Labute approximate surface area is 46.2 Å². The molecule has 0 saturated carbocycles. The first-order valence-electron chi connectivity index (χ1n) is 1.05. The summed E-state index contributed by atoms with van der Waals surface area (Å²) in [5.74, 6) is 0. The Hall–Kier alpha value is 0.0523. The average Bonchev–Trinajstić information content (AvgIpc) is 1.37. The van der Waals surface area contributed by atoms with Crippen molar-refractivity contribution in [3.63, 3.8) is 0 Å². The first kappa shape index (κ1) is 8.91. The summed E-state index contributed by atoms with van der Waals surface area (Å²) in [4.78, 5) is 0. The van der Waals surface area contributed by atoms with Crippen LogP contribution in [-0.2, 0) is 20.4 Å². The second-order valence-corrected chi connectivity index (χ2v) is 0.408. The van der Waals surface area contributed by atoms with E-state index in [9.17, 15) is 0 Å². The molecule has 0 aromatic carbocycles. The van der Waals surface area contributed by atoms with Crippen LogP contribution in [0, 0.1) is 6.92 Å². The van der Waals surface area contributed by atoms with Crippen molar-refractivity contribution < 1.29 is 20.4 Å². The maximum Gasteiger partial charge on any atom is 0 e. The molecule has 0 heterocycles. The molecular weight excluding hydrogens is 154 g/mol. The van der Waals surface area contributed by atoms with Gasteiger partial charge in [-0.15, -0.1) is 0 Å². The van der Waals surface area contributed by atoms with Gasteiger partial charge in [0.15, 0.2) is 0 Å². The molecule has 0 saturated heterocycles. The summed E-state index contributed by atoms with van der Waals surface area (Å²) in [7, 11) is 0. The van der Waals surface area contributed by atoms with Crippen molar-refractivity contribution in [2.24, 2.45) is 0 Å². The minimum atomic E-state index is 0. The monoisotopic (exact) mass is 159 g/mol. The fraction of sp³-hybridized carbons (Fsp3) is 0. The summed E-state index contributed by atoms with van der Waals surface area (Å²) >= 11 is 0. The van der Waals surface area contributed by atoms with E-state index in [1.165, 1.54) is 6.08 Å². The molecule has 0 aliphatic carbocycles. The summed E-state index contributed by atoms with van der Waals surface area (Å²) in [6, 6.07) is 0. The quantitative estimate of drug-likeness (QED) is 0.283. The van der Waals surface area contributed by atoms with E-state index in [1.54, 1.807) is 0 Å². The summed E-state index contributed by atoms with van der Waals surface area (Å²) < 4.78 is 0. The van der Waals surface area contributed by atoms with Crippen LogP contribution in [0.4, 0.5) is 0 Å². The third-order valence-electron chi connectivity index (χ3n) is 0.144.